The van der Waals surface area contributed by atoms with Crippen molar-refractivity contribution in [2.75, 3.05) is 13.7 Å². The van der Waals surface area contributed by atoms with Crippen LogP contribution in [0.5, 0.6) is 5.75 Å². The van der Waals surface area contributed by atoms with E-state index < -0.39 is 0 Å². The lowest BCUT2D eigenvalue weighted by atomic mass is 10.0. The van der Waals surface area contributed by atoms with E-state index in [0.29, 0.717) is 6.61 Å². The van der Waals surface area contributed by atoms with Gasteiger partial charge in [0.15, 0.2) is 5.75 Å². The molecule has 0 amide bonds. The molecule has 0 spiro atoms. The van der Waals surface area contributed by atoms with Gasteiger partial charge in [0.25, 0.3) is 0 Å². The fourth-order valence-electron chi connectivity index (χ4n) is 2.13. The van der Waals surface area contributed by atoms with E-state index in [2.05, 4.69) is 17.4 Å². The average molecular weight is 256 g/mol. The first-order valence-electron chi connectivity index (χ1n) is 6.40. The molecule has 0 fully saturated rings. The molecule has 0 bridgehead atoms. The van der Waals surface area contributed by atoms with Gasteiger partial charge in [-0.1, -0.05) is 6.92 Å². The number of nitrogens with zero attached hydrogens (tertiary/aromatic N) is 2. The Morgan fingerprint density at radius 2 is 2.17 bits per heavy atom. The summed E-state index contributed by atoms with van der Waals surface area (Å²) in [6.45, 7) is 7.50. The highest BCUT2D eigenvalue weighted by Crippen LogP contribution is 2.29. The van der Waals surface area contributed by atoms with Gasteiger partial charge < -0.3 is 9.47 Å². The van der Waals surface area contributed by atoms with E-state index in [1.165, 1.54) is 0 Å². The van der Waals surface area contributed by atoms with Crippen LogP contribution < -0.4 is 16.0 Å². The van der Waals surface area contributed by atoms with Crippen LogP contribution in [0, 0.1) is 0 Å². The second-order valence-corrected chi connectivity index (χ2v) is 3.96. The number of methoxy groups -OCH3 is 1. The summed E-state index contributed by atoms with van der Waals surface area (Å²) in [4.78, 5) is 0. The number of ether oxygens (including phenoxy) is 2. The minimum atomic E-state index is -0.132. The van der Waals surface area contributed by atoms with Gasteiger partial charge in [0.1, 0.15) is 5.69 Å². The number of nitrogens with two attached hydrogens (primary N) is 1. The van der Waals surface area contributed by atoms with Crippen molar-refractivity contribution in [1.82, 2.24) is 15.2 Å². The Morgan fingerprint density at radius 3 is 2.61 bits per heavy atom. The van der Waals surface area contributed by atoms with Crippen molar-refractivity contribution in [1.29, 1.82) is 0 Å². The van der Waals surface area contributed by atoms with Crippen molar-refractivity contribution in [3.8, 4) is 5.75 Å². The lowest BCUT2D eigenvalue weighted by Crippen LogP contribution is -2.39. The minimum absolute atomic E-state index is 0.00380. The molecule has 0 radical (unpaired) electrons. The van der Waals surface area contributed by atoms with E-state index in [1.807, 2.05) is 18.5 Å². The fraction of sp³-hybridized carbons (Fsp3) is 0.750. The molecule has 6 nitrogen and oxygen atoms in total. The highest BCUT2D eigenvalue weighted by atomic mass is 16.5. The molecule has 6 heteroatoms. The molecular weight excluding hydrogens is 232 g/mol. The summed E-state index contributed by atoms with van der Waals surface area (Å²) in [5.74, 6) is 6.43. The van der Waals surface area contributed by atoms with Gasteiger partial charge in [-0.05, 0) is 20.3 Å². The van der Waals surface area contributed by atoms with Gasteiger partial charge in [0.2, 0.25) is 0 Å². The van der Waals surface area contributed by atoms with Gasteiger partial charge in [-0.15, -0.1) is 0 Å². The summed E-state index contributed by atoms with van der Waals surface area (Å²) in [5, 5.41) is 4.29. The molecule has 0 saturated heterocycles. The Balaban J connectivity index is 3.09. The van der Waals surface area contributed by atoms with Crippen molar-refractivity contribution in [3.05, 3.63) is 11.9 Å². The predicted octanol–water partition coefficient (Wildman–Crippen LogP) is 1.23. The van der Waals surface area contributed by atoms with Crippen LogP contribution in [-0.4, -0.2) is 29.6 Å². The van der Waals surface area contributed by atoms with Crippen LogP contribution in [0.2, 0.25) is 0 Å². The van der Waals surface area contributed by atoms with Crippen LogP contribution in [0.4, 0.5) is 0 Å². The normalized spacial score (nSPS) is 14.5. The highest BCUT2D eigenvalue weighted by molar-refractivity contribution is 5.29. The number of aryl methyl sites for hydroxylation is 1. The first-order valence-corrected chi connectivity index (χ1v) is 6.40. The molecule has 0 aliphatic rings. The third-order valence-electron chi connectivity index (χ3n) is 2.99. The van der Waals surface area contributed by atoms with E-state index in [0.717, 1.165) is 24.4 Å². The average Bonchev–Trinajstić information content (AvgIpc) is 2.81. The van der Waals surface area contributed by atoms with Crippen molar-refractivity contribution in [3.63, 3.8) is 0 Å². The molecule has 2 atom stereocenters. The molecule has 0 saturated carbocycles. The summed E-state index contributed by atoms with van der Waals surface area (Å²) >= 11 is 0. The van der Waals surface area contributed by atoms with Crippen molar-refractivity contribution in [2.24, 2.45) is 5.84 Å². The molecule has 104 valence electrons. The third-order valence-corrected chi connectivity index (χ3v) is 2.99. The molecule has 0 aromatic carbocycles. The van der Waals surface area contributed by atoms with Gasteiger partial charge in [0, 0.05) is 13.2 Å². The maximum Gasteiger partial charge on any atom is 0.161 e. The Bertz CT molecular complexity index is 332. The Labute approximate surface area is 108 Å². The topological polar surface area (TPSA) is 74.3 Å². The number of hydrogen-bond acceptors (Lipinski definition) is 5. The molecule has 1 aromatic rings. The van der Waals surface area contributed by atoms with Crippen molar-refractivity contribution < 1.29 is 9.47 Å². The molecule has 0 aliphatic carbocycles. The van der Waals surface area contributed by atoms with E-state index in [4.69, 9.17) is 15.3 Å². The molecule has 0 aliphatic heterocycles. The van der Waals surface area contributed by atoms with Gasteiger partial charge in [-0.3, -0.25) is 10.5 Å². The predicted molar refractivity (Wildman–Crippen MR) is 70.2 cm³/mol. The number of nitrogens with one attached hydrogen (secondary N) is 1. The monoisotopic (exact) mass is 256 g/mol. The number of aromatic nitrogens is 2. The smallest absolute Gasteiger partial charge is 0.161 e. The van der Waals surface area contributed by atoms with E-state index in [1.54, 1.807) is 13.3 Å². The second kappa shape index (κ2) is 7.35. The quantitative estimate of drug-likeness (QED) is 0.540. The van der Waals surface area contributed by atoms with E-state index in [-0.39, 0.29) is 12.1 Å². The summed E-state index contributed by atoms with van der Waals surface area (Å²) in [6, 6.07) is -0.132. The number of hydrogen-bond donors (Lipinski definition) is 2. The molecule has 18 heavy (non-hydrogen) atoms. The van der Waals surface area contributed by atoms with Crippen LogP contribution >= 0.6 is 0 Å². The third kappa shape index (κ3) is 3.01. The Kier molecular flexibility index (Phi) is 6.11. The van der Waals surface area contributed by atoms with E-state index >= 15 is 0 Å². The van der Waals surface area contributed by atoms with Crippen LogP contribution in [0.1, 0.15) is 38.9 Å². The van der Waals surface area contributed by atoms with Crippen molar-refractivity contribution >= 4 is 0 Å². The molecule has 3 N–H and O–H groups in total. The zero-order chi connectivity index (χ0) is 13.5. The number of rotatable bonds is 8. The summed E-state index contributed by atoms with van der Waals surface area (Å²) < 4.78 is 13.0. The van der Waals surface area contributed by atoms with Gasteiger partial charge >= 0.3 is 0 Å². The summed E-state index contributed by atoms with van der Waals surface area (Å²) in [5.41, 5.74) is 3.76. The number of hydrazine groups is 1. The first kappa shape index (κ1) is 14.9. The molecule has 1 rings (SSSR count). The Morgan fingerprint density at radius 1 is 1.44 bits per heavy atom. The van der Waals surface area contributed by atoms with Gasteiger partial charge in [-0.25, -0.2) is 5.43 Å². The molecule has 1 heterocycles. The Hall–Kier alpha value is -1.11. The minimum Gasteiger partial charge on any atom is -0.493 e. The largest absolute Gasteiger partial charge is 0.493 e. The van der Waals surface area contributed by atoms with Gasteiger partial charge in [0.05, 0.1) is 25.5 Å². The van der Waals surface area contributed by atoms with E-state index in [9.17, 15) is 0 Å². The lowest BCUT2D eigenvalue weighted by Gasteiger charge is -2.26. The molecule has 2 unspecified atom stereocenters. The summed E-state index contributed by atoms with van der Waals surface area (Å²) in [7, 11) is 1.63. The SMILES string of the molecule is CCOC(CC)C(NN)c1c(OC)cnn1CC. The van der Waals surface area contributed by atoms with Crippen LogP contribution in [-0.2, 0) is 11.3 Å². The lowest BCUT2D eigenvalue weighted by molar-refractivity contribution is 0.0285. The zero-order valence-electron chi connectivity index (χ0n) is 11.6. The molecular formula is C12H24N4O2. The highest BCUT2D eigenvalue weighted by Gasteiger charge is 2.28. The second-order valence-electron chi connectivity index (χ2n) is 3.96. The zero-order valence-corrected chi connectivity index (χ0v) is 11.6. The first-order chi connectivity index (χ1) is 8.73. The fourth-order valence-corrected chi connectivity index (χ4v) is 2.13. The maximum absolute atomic E-state index is 5.73. The van der Waals surface area contributed by atoms with Crippen molar-refractivity contribution in [2.45, 2.75) is 45.9 Å². The van der Waals surface area contributed by atoms with Crippen LogP contribution in [0.25, 0.3) is 0 Å². The molecule has 1 aromatic heterocycles. The summed E-state index contributed by atoms with van der Waals surface area (Å²) in [6.07, 6.45) is 2.57. The van der Waals surface area contributed by atoms with Gasteiger partial charge in [-0.2, -0.15) is 5.10 Å². The standard InChI is InChI=1S/C12H24N4O2/c1-5-9(18-7-3)11(15-13)12-10(17-4)8-14-16(12)6-2/h8-9,11,15H,5-7,13H2,1-4H3. The van der Waals surface area contributed by atoms with Crippen LogP contribution in [0.15, 0.2) is 6.20 Å². The maximum atomic E-state index is 5.73. The van der Waals surface area contributed by atoms with Crippen LogP contribution in [0.3, 0.4) is 0 Å².